The van der Waals surface area contributed by atoms with Gasteiger partial charge in [-0.3, -0.25) is 0 Å². The fraction of sp³-hybridized carbons (Fsp3) is 0.222. The molecule has 3 rings (SSSR count). The maximum Gasteiger partial charge on any atom is 0.343 e. The SMILES string of the molecule is COC(=O)c1ccc(OC(=O)c2ccc3c(c2)OCCO3)c(OC)c1. The van der Waals surface area contributed by atoms with E-state index in [9.17, 15) is 9.59 Å². The van der Waals surface area contributed by atoms with E-state index in [4.69, 9.17) is 18.9 Å². The van der Waals surface area contributed by atoms with E-state index in [0.29, 0.717) is 35.8 Å². The topological polar surface area (TPSA) is 80.3 Å². The van der Waals surface area contributed by atoms with Gasteiger partial charge in [-0.05, 0) is 36.4 Å². The van der Waals surface area contributed by atoms with Gasteiger partial charge in [0.2, 0.25) is 0 Å². The summed E-state index contributed by atoms with van der Waals surface area (Å²) in [5, 5.41) is 0. The van der Waals surface area contributed by atoms with Crippen LogP contribution in [0.25, 0.3) is 0 Å². The fourth-order valence-corrected chi connectivity index (χ4v) is 2.33. The molecule has 0 unspecified atom stereocenters. The molecule has 0 spiro atoms. The van der Waals surface area contributed by atoms with Crippen LogP contribution in [-0.2, 0) is 4.74 Å². The first-order chi connectivity index (χ1) is 12.1. The Morgan fingerprint density at radius 1 is 0.840 bits per heavy atom. The lowest BCUT2D eigenvalue weighted by molar-refractivity contribution is 0.0600. The summed E-state index contributed by atoms with van der Waals surface area (Å²) in [5.41, 5.74) is 0.599. The molecule has 1 heterocycles. The van der Waals surface area contributed by atoms with E-state index in [1.807, 2.05) is 0 Å². The molecule has 0 bridgehead atoms. The van der Waals surface area contributed by atoms with Gasteiger partial charge in [0.1, 0.15) is 13.2 Å². The number of methoxy groups -OCH3 is 2. The first-order valence-electron chi connectivity index (χ1n) is 7.50. The maximum absolute atomic E-state index is 12.4. The van der Waals surface area contributed by atoms with Crippen LogP contribution >= 0.6 is 0 Å². The van der Waals surface area contributed by atoms with Crippen LogP contribution in [-0.4, -0.2) is 39.4 Å². The molecule has 0 aliphatic carbocycles. The highest BCUT2D eigenvalue weighted by Gasteiger charge is 2.18. The molecule has 2 aromatic carbocycles. The Bertz CT molecular complexity index is 813. The van der Waals surface area contributed by atoms with Crippen molar-refractivity contribution in [1.29, 1.82) is 0 Å². The third-order valence-electron chi connectivity index (χ3n) is 3.57. The molecule has 0 saturated carbocycles. The molecular weight excluding hydrogens is 328 g/mol. The Hall–Kier alpha value is -3.22. The normalized spacial score (nSPS) is 12.2. The maximum atomic E-state index is 12.4. The quantitative estimate of drug-likeness (QED) is 0.622. The Kier molecular flexibility index (Phi) is 4.74. The van der Waals surface area contributed by atoms with Crippen LogP contribution in [0.1, 0.15) is 20.7 Å². The largest absolute Gasteiger partial charge is 0.493 e. The summed E-state index contributed by atoms with van der Waals surface area (Å²) in [6.45, 7) is 0.898. The minimum Gasteiger partial charge on any atom is -0.493 e. The predicted octanol–water partition coefficient (Wildman–Crippen LogP) is 2.47. The van der Waals surface area contributed by atoms with Crippen molar-refractivity contribution in [2.24, 2.45) is 0 Å². The van der Waals surface area contributed by atoms with E-state index in [1.54, 1.807) is 18.2 Å². The van der Waals surface area contributed by atoms with Gasteiger partial charge in [0.05, 0.1) is 25.3 Å². The third kappa shape index (κ3) is 3.50. The minimum absolute atomic E-state index is 0.190. The highest BCUT2D eigenvalue weighted by Crippen LogP contribution is 2.32. The lowest BCUT2D eigenvalue weighted by Crippen LogP contribution is -2.16. The molecule has 0 atom stereocenters. The van der Waals surface area contributed by atoms with E-state index in [2.05, 4.69) is 4.74 Å². The Labute approximate surface area is 144 Å². The van der Waals surface area contributed by atoms with Crippen LogP contribution in [0.4, 0.5) is 0 Å². The number of carbonyl (C=O) groups is 2. The van der Waals surface area contributed by atoms with Crippen molar-refractivity contribution in [2.75, 3.05) is 27.4 Å². The molecule has 2 aromatic rings. The molecule has 0 fully saturated rings. The van der Waals surface area contributed by atoms with Crippen LogP contribution < -0.4 is 18.9 Å². The lowest BCUT2D eigenvalue weighted by atomic mass is 10.2. The van der Waals surface area contributed by atoms with Crippen molar-refractivity contribution in [3.05, 3.63) is 47.5 Å². The summed E-state index contributed by atoms with van der Waals surface area (Å²) >= 11 is 0. The third-order valence-corrected chi connectivity index (χ3v) is 3.57. The average Bonchev–Trinajstić information content (AvgIpc) is 2.67. The number of rotatable bonds is 4. The minimum atomic E-state index is -0.582. The highest BCUT2D eigenvalue weighted by molar-refractivity contribution is 5.93. The molecule has 25 heavy (non-hydrogen) atoms. The van der Waals surface area contributed by atoms with Gasteiger partial charge in [0.15, 0.2) is 23.0 Å². The molecule has 0 radical (unpaired) electrons. The van der Waals surface area contributed by atoms with Crippen LogP contribution in [0, 0.1) is 0 Å². The van der Waals surface area contributed by atoms with Crippen molar-refractivity contribution < 1.29 is 33.3 Å². The fourth-order valence-electron chi connectivity index (χ4n) is 2.33. The van der Waals surface area contributed by atoms with Crippen molar-refractivity contribution in [3.63, 3.8) is 0 Å². The number of hydrogen-bond donors (Lipinski definition) is 0. The predicted molar refractivity (Wildman–Crippen MR) is 86.7 cm³/mol. The van der Waals surface area contributed by atoms with Crippen molar-refractivity contribution in [3.8, 4) is 23.0 Å². The van der Waals surface area contributed by atoms with Gasteiger partial charge in [-0.25, -0.2) is 9.59 Å². The zero-order valence-electron chi connectivity index (χ0n) is 13.7. The lowest BCUT2D eigenvalue weighted by Gasteiger charge is -2.18. The molecule has 0 aromatic heterocycles. The number of carbonyl (C=O) groups excluding carboxylic acids is 2. The molecule has 1 aliphatic rings. The standard InChI is InChI=1S/C18H16O7/c1-21-15-9-11(17(19)22-2)4-6-14(15)25-18(20)12-3-5-13-16(10-12)24-8-7-23-13/h3-6,9-10H,7-8H2,1-2H3. The second-order valence-electron chi connectivity index (χ2n) is 5.11. The van der Waals surface area contributed by atoms with E-state index < -0.39 is 11.9 Å². The first kappa shape index (κ1) is 16.6. The first-order valence-corrected chi connectivity index (χ1v) is 7.50. The average molecular weight is 344 g/mol. The summed E-state index contributed by atoms with van der Waals surface area (Å²) in [6, 6.07) is 9.21. The monoisotopic (exact) mass is 344 g/mol. The van der Waals surface area contributed by atoms with Crippen LogP contribution in [0.5, 0.6) is 23.0 Å². The number of hydrogen-bond acceptors (Lipinski definition) is 7. The Balaban J connectivity index is 1.82. The van der Waals surface area contributed by atoms with Gasteiger partial charge in [0, 0.05) is 0 Å². The van der Waals surface area contributed by atoms with Crippen molar-refractivity contribution >= 4 is 11.9 Å². The molecule has 130 valence electrons. The van der Waals surface area contributed by atoms with E-state index in [0.717, 1.165) is 0 Å². The van der Waals surface area contributed by atoms with Gasteiger partial charge in [-0.15, -0.1) is 0 Å². The van der Waals surface area contributed by atoms with Crippen LogP contribution in [0.15, 0.2) is 36.4 Å². The van der Waals surface area contributed by atoms with E-state index in [-0.39, 0.29) is 11.5 Å². The van der Waals surface area contributed by atoms with Crippen molar-refractivity contribution in [1.82, 2.24) is 0 Å². The Morgan fingerprint density at radius 3 is 2.24 bits per heavy atom. The molecule has 0 N–H and O–H groups in total. The molecule has 7 nitrogen and oxygen atoms in total. The molecule has 7 heteroatoms. The zero-order chi connectivity index (χ0) is 17.8. The van der Waals surface area contributed by atoms with Gasteiger partial charge in [-0.2, -0.15) is 0 Å². The second-order valence-corrected chi connectivity index (χ2v) is 5.11. The van der Waals surface area contributed by atoms with Crippen molar-refractivity contribution in [2.45, 2.75) is 0 Å². The molecule has 0 saturated heterocycles. The number of esters is 2. The molecule has 0 amide bonds. The summed E-state index contributed by atoms with van der Waals surface area (Å²) < 4.78 is 26.1. The Morgan fingerprint density at radius 2 is 1.52 bits per heavy atom. The highest BCUT2D eigenvalue weighted by atomic mass is 16.6. The van der Waals surface area contributed by atoms with Gasteiger partial charge < -0.3 is 23.7 Å². The number of ether oxygens (including phenoxy) is 5. The number of benzene rings is 2. The summed E-state index contributed by atoms with van der Waals surface area (Å²) in [4.78, 5) is 23.9. The van der Waals surface area contributed by atoms with Gasteiger partial charge in [-0.1, -0.05) is 0 Å². The molecular formula is C18H16O7. The summed E-state index contributed by atoms with van der Waals surface area (Å²) in [7, 11) is 2.70. The second kappa shape index (κ2) is 7.12. The number of fused-ring (bicyclic) bond motifs is 1. The summed E-state index contributed by atoms with van der Waals surface area (Å²) in [5.74, 6) is 0.421. The van der Waals surface area contributed by atoms with E-state index in [1.165, 1.54) is 32.4 Å². The van der Waals surface area contributed by atoms with Gasteiger partial charge >= 0.3 is 11.9 Å². The van der Waals surface area contributed by atoms with E-state index >= 15 is 0 Å². The van der Waals surface area contributed by atoms with Crippen LogP contribution in [0.2, 0.25) is 0 Å². The summed E-state index contributed by atoms with van der Waals surface area (Å²) in [6.07, 6.45) is 0. The zero-order valence-corrected chi connectivity index (χ0v) is 13.7. The van der Waals surface area contributed by atoms with Crippen LogP contribution in [0.3, 0.4) is 0 Å². The van der Waals surface area contributed by atoms with Gasteiger partial charge in [0.25, 0.3) is 0 Å². The smallest absolute Gasteiger partial charge is 0.343 e. The molecule has 1 aliphatic heterocycles.